The van der Waals surface area contributed by atoms with Crippen LogP contribution in [0.2, 0.25) is 5.15 Å². The first kappa shape index (κ1) is 12.2. The molecule has 0 saturated carbocycles. The Kier molecular flexibility index (Phi) is 3.20. The number of nitrogens with zero attached hydrogens (tertiary/aromatic N) is 2. The summed E-state index contributed by atoms with van der Waals surface area (Å²) in [7, 11) is 0. The molecule has 0 aliphatic heterocycles. The largest absolute Gasteiger partial charge is 0.418 e. The molecule has 1 aromatic heterocycles. The van der Waals surface area contributed by atoms with Crippen LogP contribution in [0.5, 0.6) is 0 Å². The number of aliphatic hydroxyl groups excluding tert-OH is 1. The van der Waals surface area contributed by atoms with Gasteiger partial charge in [-0.25, -0.2) is 0 Å². The maximum Gasteiger partial charge on any atom is 0.418 e. The van der Waals surface area contributed by atoms with Gasteiger partial charge in [0.1, 0.15) is 0 Å². The molecule has 1 rings (SSSR count). The maximum absolute atomic E-state index is 12.3. The zero-order valence-electron chi connectivity index (χ0n) is 7.93. The van der Waals surface area contributed by atoms with Crippen molar-refractivity contribution in [2.75, 3.05) is 0 Å². The molecule has 0 aliphatic carbocycles. The second kappa shape index (κ2) is 3.94. The maximum atomic E-state index is 12.3. The van der Waals surface area contributed by atoms with E-state index in [1.165, 1.54) is 13.8 Å². The van der Waals surface area contributed by atoms with Crippen molar-refractivity contribution in [1.29, 1.82) is 0 Å². The van der Waals surface area contributed by atoms with Crippen molar-refractivity contribution in [2.45, 2.75) is 26.1 Å². The lowest BCUT2D eigenvalue weighted by molar-refractivity contribution is -0.207. The second-order valence-electron chi connectivity index (χ2n) is 3.06. The van der Waals surface area contributed by atoms with E-state index in [1.807, 2.05) is 0 Å². The highest BCUT2D eigenvalue weighted by Gasteiger charge is 2.42. The van der Waals surface area contributed by atoms with Crippen molar-refractivity contribution in [3.63, 3.8) is 0 Å². The molecule has 7 heteroatoms. The highest BCUT2D eigenvalue weighted by molar-refractivity contribution is 6.30. The van der Waals surface area contributed by atoms with Crippen molar-refractivity contribution in [3.8, 4) is 0 Å². The molecule has 0 fully saturated rings. The summed E-state index contributed by atoms with van der Waals surface area (Å²) in [4.78, 5) is 0. The van der Waals surface area contributed by atoms with Crippen LogP contribution < -0.4 is 0 Å². The first-order valence-corrected chi connectivity index (χ1v) is 4.37. The highest BCUT2D eigenvalue weighted by atomic mass is 35.5. The fourth-order valence-corrected chi connectivity index (χ4v) is 1.36. The van der Waals surface area contributed by atoms with Gasteiger partial charge in [0.15, 0.2) is 11.3 Å². The van der Waals surface area contributed by atoms with Gasteiger partial charge in [-0.15, -0.1) is 5.10 Å². The third-order valence-corrected chi connectivity index (χ3v) is 2.32. The summed E-state index contributed by atoms with van der Waals surface area (Å²) in [6.07, 6.45) is -7.39. The summed E-state index contributed by atoms with van der Waals surface area (Å²) in [5.74, 6) is 0. The van der Waals surface area contributed by atoms with Gasteiger partial charge >= 0.3 is 6.18 Å². The summed E-state index contributed by atoms with van der Waals surface area (Å²) in [6, 6.07) is 0. The van der Waals surface area contributed by atoms with E-state index >= 15 is 0 Å². The average Bonchev–Trinajstić information content (AvgIpc) is 2.10. The minimum atomic E-state index is -4.76. The van der Waals surface area contributed by atoms with Gasteiger partial charge in [0, 0.05) is 5.56 Å². The monoisotopic (exact) mass is 240 g/mol. The van der Waals surface area contributed by atoms with Crippen molar-refractivity contribution in [2.24, 2.45) is 0 Å². The minimum Gasteiger partial charge on any atom is -0.379 e. The average molecular weight is 241 g/mol. The molecule has 3 nitrogen and oxygen atoms in total. The fraction of sp³-hybridized carbons (Fsp3) is 0.500. The summed E-state index contributed by atoms with van der Waals surface area (Å²) in [6.45, 7) is 2.89. The van der Waals surface area contributed by atoms with E-state index in [4.69, 9.17) is 16.7 Å². The van der Waals surface area contributed by atoms with Gasteiger partial charge in [-0.1, -0.05) is 11.6 Å². The van der Waals surface area contributed by atoms with Crippen LogP contribution in [0, 0.1) is 13.8 Å². The van der Waals surface area contributed by atoms with Crippen LogP contribution in [0.3, 0.4) is 0 Å². The predicted octanol–water partition coefficient (Wildman–Crippen LogP) is 2.34. The SMILES string of the molecule is Cc1nnc(Cl)c([C@@H](O)C(F)(F)F)c1C. The summed E-state index contributed by atoms with van der Waals surface area (Å²) in [5.41, 5.74) is 0.0641. The van der Waals surface area contributed by atoms with E-state index in [0.717, 1.165) is 0 Å². The molecule has 84 valence electrons. The highest BCUT2D eigenvalue weighted by Crippen LogP contribution is 2.37. The molecular weight excluding hydrogens is 233 g/mol. The van der Waals surface area contributed by atoms with Gasteiger partial charge in [0.25, 0.3) is 0 Å². The number of aromatic nitrogens is 2. The third-order valence-electron chi connectivity index (χ3n) is 2.04. The lowest BCUT2D eigenvalue weighted by Crippen LogP contribution is -2.22. The van der Waals surface area contributed by atoms with Crippen LogP contribution in [-0.4, -0.2) is 21.5 Å². The van der Waals surface area contributed by atoms with Crippen LogP contribution >= 0.6 is 11.6 Å². The molecule has 1 heterocycles. The molecular formula is C8H8ClF3N2O. The van der Waals surface area contributed by atoms with Crippen LogP contribution in [0.25, 0.3) is 0 Å². The Morgan fingerprint density at radius 1 is 1.27 bits per heavy atom. The summed E-state index contributed by atoms with van der Waals surface area (Å²) < 4.78 is 36.8. The molecule has 0 bridgehead atoms. The van der Waals surface area contributed by atoms with E-state index in [2.05, 4.69) is 10.2 Å². The van der Waals surface area contributed by atoms with Gasteiger partial charge in [0.05, 0.1) is 5.69 Å². The zero-order chi connectivity index (χ0) is 11.8. The standard InChI is InChI=1S/C8H8ClF3N2O/c1-3-4(2)13-14-7(9)5(3)6(15)8(10,11)12/h6,15H,1-2H3/t6-/m1/s1. The molecule has 1 atom stereocenters. The summed E-state index contributed by atoms with van der Waals surface area (Å²) >= 11 is 5.47. The fourth-order valence-electron chi connectivity index (χ4n) is 1.08. The predicted molar refractivity (Wildman–Crippen MR) is 47.5 cm³/mol. The van der Waals surface area contributed by atoms with E-state index in [1.54, 1.807) is 0 Å². The van der Waals surface area contributed by atoms with Gasteiger partial charge < -0.3 is 5.11 Å². The molecule has 0 aliphatic rings. The normalized spacial score (nSPS) is 14.1. The van der Waals surface area contributed by atoms with Crippen LogP contribution in [-0.2, 0) is 0 Å². The Labute approximate surface area is 88.9 Å². The van der Waals surface area contributed by atoms with Gasteiger partial charge in [-0.3, -0.25) is 0 Å². The summed E-state index contributed by atoms with van der Waals surface area (Å²) in [5, 5.41) is 15.5. The lowest BCUT2D eigenvalue weighted by Gasteiger charge is -2.18. The van der Waals surface area contributed by atoms with Crippen molar-refractivity contribution < 1.29 is 18.3 Å². The molecule has 1 aromatic rings. The Hall–Kier alpha value is -0.880. The number of halogens is 4. The molecule has 15 heavy (non-hydrogen) atoms. The van der Waals surface area contributed by atoms with Gasteiger partial charge in [-0.2, -0.15) is 18.3 Å². The Bertz CT molecular complexity index is 381. The Morgan fingerprint density at radius 2 is 1.80 bits per heavy atom. The van der Waals surface area contributed by atoms with Crippen LogP contribution in [0.1, 0.15) is 22.9 Å². The topological polar surface area (TPSA) is 46.0 Å². The Morgan fingerprint density at radius 3 is 2.27 bits per heavy atom. The minimum absolute atomic E-state index is 0.194. The number of alkyl halides is 3. The molecule has 0 spiro atoms. The van der Waals surface area contributed by atoms with Crippen LogP contribution in [0.15, 0.2) is 0 Å². The van der Waals surface area contributed by atoms with Crippen molar-refractivity contribution in [3.05, 3.63) is 22.0 Å². The van der Waals surface area contributed by atoms with E-state index < -0.39 is 23.0 Å². The van der Waals surface area contributed by atoms with E-state index in [9.17, 15) is 13.2 Å². The lowest BCUT2D eigenvalue weighted by atomic mass is 10.0. The Balaban J connectivity index is 3.31. The molecule has 0 unspecified atom stereocenters. The number of rotatable bonds is 1. The molecule has 0 radical (unpaired) electrons. The number of aliphatic hydroxyl groups is 1. The number of hydrogen-bond donors (Lipinski definition) is 1. The van der Waals surface area contributed by atoms with E-state index in [0.29, 0.717) is 5.69 Å². The molecule has 0 amide bonds. The second-order valence-corrected chi connectivity index (χ2v) is 3.42. The molecule has 0 saturated heterocycles. The van der Waals surface area contributed by atoms with Gasteiger partial charge in [-0.05, 0) is 19.4 Å². The van der Waals surface area contributed by atoms with Gasteiger partial charge in [0.2, 0.25) is 0 Å². The first-order chi connectivity index (χ1) is 6.75. The first-order valence-electron chi connectivity index (χ1n) is 3.99. The van der Waals surface area contributed by atoms with Crippen molar-refractivity contribution in [1.82, 2.24) is 10.2 Å². The smallest absolute Gasteiger partial charge is 0.379 e. The van der Waals surface area contributed by atoms with E-state index in [-0.39, 0.29) is 5.56 Å². The third kappa shape index (κ3) is 2.38. The quantitative estimate of drug-likeness (QED) is 0.820. The number of hydrogen-bond acceptors (Lipinski definition) is 3. The van der Waals surface area contributed by atoms with Crippen LogP contribution in [0.4, 0.5) is 13.2 Å². The zero-order valence-corrected chi connectivity index (χ0v) is 8.69. The molecule has 0 aromatic carbocycles. The van der Waals surface area contributed by atoms with Crippen molar-refractivity contribution >= 4 is 11.6 Å². The number of aryl methyl sites for hydroxylation is 1. The molecule has 1 N–H and O–H groups in total.